The molecule has 2 rings (SSSR count). The maximum atomic E-state index is 12.2. The molecule has 0 radical (unpaired) electrons. The quantitative estimate of drug-likeness (QED) is 0.792. The molecule has 0 saturated carbocycles. The highest BCUT2D eigenvalue weighted by Crippen LogP contribution is 2.25. The number of amides is 1. The molecular weight excluding hydrogens is 306 g/mol. The molecule has 24 heavy (non-hydrogen) atoms. The summed E-state index contributed by atoms with van der Waals surface area (Å²) in [4.78, 5) is 23.9. The van der Waals surface area contributed by atoms with Crippen LogP contribution in [-0.4, -0.2) is 25.0 Å². The summed E-state index contributed by atoms with van der Waals surface area (Å²) in [5, 5.41) is 2.70. The molecule has 0 bridgehead atoms. The molecule has 1 N–H and O–H groups in total. The minimum Gasteiger partial charge on any atom is -0.456 e. The number of esters is 1. The Balaban J connectivity index is 1.98. The van der Waals surface area contributed by atoms with Gasteiger partial charge in [-0.2, -0.15) is 0 Å². The Bertz CT molecular complexity index is 683. The largest absolute Gasteiger partial charge is 0.456 e. The molecule has 5 nitrogen and oxygen atoms in total. The van der Waals surface area contributed by atoms with Crippen molar-refractivity contribution in [1.29, 1.82) is 0 Å². The van der Waals surface area contributed by atoms with E-state index in [-0.39, 0.29) is 18.1 Å². The van der Waals surface area contributed by atoms with Crippen LogP contribution in [0.4, 0.5) is 0 Å². The van der Waals surface area contributed by atoms with Gasteiger partial charge in [0.05, 0.1) is 0 Å². The fourth-order valence-electron chi connectivity index (χ4n) is 1.92. The molecule has 0 spiro atoms. The fraction of sp³-hybridized carbons (Fsp3) is 0.263. The van der Waals surface area contributed by atoms with Gasteiger partial charge in [0.25, 0.3) is 5.91 Å². The van der Waals surface area contributed by atoms with Crippen LogP contribution in [0.2, 0.25) is 0 Å². The zero-order chi connectivity index (χ0) is 17.4. The highest BCUT2D eigenvalue weighted by Gasteiger charge is 2.15. The maximum Gasteiger partial charge on any atom is 0.342 e. The van der Waals surface area contributed by atoms with Crippen LogP contribution in [0.25, 0.3) is 0 Å². The molecule has 0 aliphatic heterocycles. The van der Waals surface area contributed by atoms with Crippen LogP contribution in [-0.2, 0) is 9.53 Å². The first-order chi connectivity index (χ1) is 11.6. The molecule has 2 aromatic rings. The van der Waals surface area contributed by atoms with Gasteiger partial charge < -0.3 is 14.8 Å². The van der Waals surface area contributed by atoms with Gasteiger partial charge in [-0.25, -0.2) is 4.79 Å². The zero-order valence-corrected chi connectivity index (χ0v) is 13.8. The lowest BCUT2D eigenvalue weighted by atomic mass is 10.2. The van der Waals surface area contributed by atoms with Crippen LogP contribution in [0, 0.1) is 5.92 Å². The zero-order valence-electron chi connectivity index (χ0n) is 13.8. The Morgan fingerprint density at radius 2 is 1.67 bits per heavy atom. The van der Waals surface area contributed by atoms with Gasteiger partial charge in [-0.15, -0.1) is 0 Å². The van der Waals surface area contributed by atoms with Crippen LogP contribution in [0.15, 0.2) is 54.6 Å². The maximum absolute atomic E-state index is 12.2. The molecule has 0 heterocycles. The predicted molar refractivity (Wildman–Crippen MR) is 91.1 cm³/mol. The SMILES string of the molecule is CC(C)CNC(=O)COC(=O)c1ccccc1Oc1ccccc1. The molecule has 0 aliphatic rings. The van der Waals surface area contributed by atoms with Crippen molar-refractivity contribution in [3.8, 4) is 11.5 Å². The van der Waals surface area contributed by atoms with Crippen molar-refractivity contribution in [3.63, 3.8) is 0 Å². The number of carbonyl (C=O) groups excluding carboxylic acids is 2. The Labute approximate surface area is 141 Å². The topological polar surface area (TPSA) is 64.6 Å². The number of carbonyl (C=O) groups is 2. The summed E-state index contributed by atoms with van der Waals surface area (Å²) < 4.78 is 10.8. The van der Waals surface area contributed by atoms with Crippen molar-refractivity contribution in [2.75, 3.05) is 13.2 Å². The number of hydrogen-bond donors (Lipinski definition) is 1. The summed E-state index contributed by atoms with van der Waals surface area (Å²) >= 11 is 0. The second-order valence-electron chi connectivity index (χ2n) is 5.69. The van der Waals surface area contributed by atoms with E-state index in [1.54, 1.807) is 36.4 Å². The van der Waals surface area contributed by atoms with Gasteiger partial charge in [-0.3, -0.25) is 4.79 Å². The summed E-state index contributed by atoms with van der Waals surface area (Å²) in [6, 6.07) is 15.9. The van der Waals surface area contributed by atoms with E-state index >= 15 is 0 Å². The molecule has 0 aliphatic carbocycles. The average Bonchev–Trinajstić information content (AvgIpc) is 2.59. The van der Waals surface area contributed by atoms with E-state index in [9.17, 15) is 9.59 Å². The lowest BCUT2D eigenvalue weighted by Gasteiger charge is -2.11. The molecule has 0 saturated heterocycles. The highest BCUT2D eigenvalue weighted by atomic mass is 16.5. The molecule has 2 aromatic carbocycles. The monoisotopic (exact) mass is 327 g/mol. The molecular formula is C19H21NO4. The fourth-order valence-corrected chi connectivity index (χ4v) is 1.92. The summed E-state index contributed by atoms with van der Waals surface area (Å²) in [6.45, 7) is 4.21. The van der Waals surface area contributed by atoms with Crippen molar-refractivity contribution < 1.29 is 19.1 Å². The minimum absolute atomic E-state index is 0.276. The van der Waals surface area contributed by atoms with Gasteiger partial charge in [0.1, 0.15) is 17.1 Å². The third-order valence-corrected chi connectivity index (χ3v) is 3.12. The minimum atomic E-state index is -0.596. The van der Waals surface area contributed by atoms with Crippen molar-refractivity contribution in [3.05, 3.63) is 60.2 Å². The Kier molecular flexibility index (Phi) is 6.37. The summed E-state index contributed by atoms with van der Waals surface area (Å²) in [5.41, 5.74) is 0.276. The lowest BCUT2D eigenvalue weighted by Crippen LogP contribution is -2.31. The van der Waals surface area contributed by atoms with Gasteiger partial charge in [-0.1, -0.05) is 44.2 Å². The first-order valence-electron chi connectivity index (χ1n) is 7.82. The smallest absolute Gasteiger partial charge is 0.342 e. The molecule has 5 heteroatoms. The second-order valence-corrected chi connectivity index (χ2v) is 5.69. The molecule has 0 aromatic heterocycles. The third kappa shape index (κ3) is 5.43. The number of nitrogens with one attached hydrogen (secondary N) is 1. The van der Waals surface area contributed by atoms with Crippen molar-refractivity contribution in [2.45, 2.75) is 13.8 Å². The van der Waals surface area contributed by atoms with Crippen molar-refractivity contribution in [2.24, 2.45) is 5.92 Å². The van der Waals surface area contributed by atoms with E-state index in [1.807, 2.05) is 32.0 Å². The van der Waals surface area contributed by atoms with Crippen LogP contribution >= 0.6 is 0 Å². The van der Waals surface area contributed by atoms with Crippen molar-refractivity contribution in [1.82, 2.24) is 5.32 Å². The van der Waals surface area contributed by atoms with Gasteiger partial charge in [-0.05, 0) is 30.2 Å². The van der Waals surface area contributed by atoms with Gasteiger partial charge in [0.15, 0.2) is 6.61 Å². The third-order valence-electron chi connectivity index (χ3n) is 3.12. The standard InChI is InChI=1S/C19H21NO4/c1-14(2)12-20-18(21)13-23-19(22)16-10-6-7-11-17(16)24-15-8-4-3-5-9-15/h3-11,14H,12-13H2,1-2H3,(H,20,21). The molecule has 0 unspecified atom stereocenters. The van der Waals surface area contributed by atoms with Gasteiger partial charge in [0, 0.05) is 6.54 Å². The van der Waals surface area contributed by atoms with Crippen molar-refractivity contribution >= 4 is 11.9 Å². The van der Waals surface area contributed by atoms with E-state index in [4.69, 9.17) is 9.47 Å². The number of para-hydroxylation sites is 2. The summed E-state index contributed by atoms with van der Waals surface area (Å²) in [5.74, 6) is 0.424. The lowest BCUT2D eigenvalue weighted by molar-refractivity contribution is -0.124. The van der Waals surface area contributed by atoms with E-state index in [1.165, 1.54) is 0 Å². The number of hydrogen-bond acceptors (Lipinski definition) is 4. The Morgan fingerprint density at radius 1 is 1.00 bits per heavy atom. The van der Waals surface area contributed by atoms with Crippen LogP contribution in [0.1, 0.15) is 24.2 Å². The Hall–Kier alpha value is -2.82. The highest BCUT2D eigenvalue weighted by molar-refractivity contribution is 5.94. The molecule has 0 atom stereocenters. The second kappa shape index (κ2) is 8.72. The number of benzene rings is 2. The molecule has 0 fully saturated rings. The first kappa shape index (κ1) is 17.5. The summed E-state index contributed by atoms with van der Waals surface area (Å²) in [6.07, 6.45) is 0. The van der Waals surface area contributed by atoms with Crippen LogP contribution in [0.5, 0.6) is 11.5 Å². The Morgan fingerprint density at radius 3 is 2.38 bits per heavy atom. The molecule has 126 valence electrons. The van der Waals surface area contributed by atoms with Crippen LogP contribution < -0.4 is 10.1 Å². The summed E-state index contributed by atoms with van der Waals surface area (Å²) in [7, 11) is 0. The van der Waals surface area contributed by atoms with E-state index in [0.717, 1.165) is 0 Å². The predicted octanol–water partition coefficient (Wildman–Crippen LogP) is 3.41. The number of rotatable bonds is 7. The van der Waals surface area contributed by atoms with Crippen LogP contribution in [0.3, 0.4) is 0 Å². The van der Waals surface area contributed by atoms with Gasteiger partial charge >= 0.3 is 5.97 Å². The molecule has 1 amide bonds. The number of ether oxygens (including phenoxy) is 2. The van der Waals surface area contributed by atoms with E-state index in [2.05, 4.69) is 5.32 Å². The first-order valence-corrected chi connectivity index (χ1v) is 7.82. The van der Waals surface area contributed by atoms with Gasteiger partial charge in [0.2, 0.25) is 0 Å². The average molecular weight is 327 g/mol. The van der Waals surface area contributed by atoms with E-state index < -0.39 is 5.97 Å². The van der Waals surface area contributed by atoms with E-state index in [0.29, 0.717) is 24.0 Å². The normalized spacial score (nSPS) is 10.3.